The predicted molar refractivity (Wildman–Crippen MR) is 88.1 cm³/mol. The van der Waals surface area contributed by atoms with E-state index in [0.29, 0.717) is 17.1 Å². The van der Waals surface area contributed by atoms with E-state index >= 15 is 0 Å². The lowest BCUT2D eigenvalue weighted by Crippen LogP contribution is -2.51. The van der Waals surface area contributed by atoms with Crippen LogP contribution in [0.5, 0.6) is 0 Å². The van der Waals surface area contributed by atoms with Gasteiger partial charge in [0.15, 0.2) is 0 Å². The molecule has 120 valence electrons. The maximum atomic E-state index is 12.0. The highest BCUT2D eigenvalue weighted by molar-refractivity contribution is 6.31. The fourth-order valence-corrected chi connectivity index (χ4v) is 2.67. The highest BCUT2D eigenvalue weighted by Crippen LogP contribution is 2.20. The number of nitrogens with one attached hydrogen (secondary N) is 3. The summed E-state index contributed by atoms with van der Waals surface area (Å²) in [7, 11) is 0. The number of benzene rings is 1. The maximum Gasteiger partial charge on any atom is 0.237 e. The first-order valence-corrected chi connectivity index (χ1v) is 7.93. The summed E-state index contributed by atoms with van der Waals surface area (Å²) in [6.07, 6.45) is 2.07. The van der Waals surface area contributed by atoms with Crippen molar-refractivity contribution >= 4 is 29.1 Å². The molecule has 0 spiro atoms. The van der Waals surface area contributed by atoms with Crippen molar-refractivity contribution in [2.24, 2.45) is 0 Å². The SMILES string of the molecule is Cc1ccc(NC(=O)C[C@H](C)N[C@H]2CCCNC2=O)cc1Cl. The minimum Gasteiger partial charge on any atom is -0.355 e. The summed E-state index contributed by atoms with van der Waals surface area (Å²) < 4.78 is 0. The molecule has 2 atom stereocenters. The minimum atomic E-state index is -0.203. The smallest absolute Gasteiger partial charge is 0.237 e. The van der Waals surface area contributed by atoms with Crippen molar-refractivity contribution < 1.29 is 9.59 Å². The third-order valence-corrected chi connectivity index (χ3v) is 4.13. The van der Waals surface area contributed by atoms with Gasteiger partial charge in [-0.1, -0.05) is 17.7 Å². The van der Waals surface area contributed by atoms with Crippen LogP contribution < -0.4 is 16.0 Å². The van der Waals surface area contributed by atoms with Crippen LogP contribution in [0.4, 0.5) is 5.69 Å². The van der Waals surface area contributed by atoms with E-state index in [0.717, 1.165) is 24.9 Å². The zero-order valence-corrected chi connectivity index (χ0v) is 13.7. The van der Waals surface area contributed by atoms with Crippen LogP contribution in [-0.2, 0) is 9.59 Å². The normalized spacial score (nSPS) is 19.4. The Kier molecular flexibility index (Phi) is 5.80. The summed E-state index contributed by atoms with van der Waals surface area (Å²) in [5.41, 5.74) is 1.65. The van der Waals surface area contributed by atoms with Crippen molar-refractivity contribution in [2.75, 3.05) is 11.9 Å². The summed E-state index contributed by atoms with van der Waals surface area (Å²) in [5, 5.41) is 9.49. The Labute approximate surface area is 135 Å². The van der Waals surface area contributed by atoms with E-state index in [-0.39, 0.29) is 23.9 Å². The second-order valence-electron chi connectivity index (χ2n) is 5.77. The average molecular weight is 324 g/mol. The van der Waals surface area contributed by atoms with Crippen molar-refractivity contribution in [3.63, 3.8) is 0 Å². The van der Waals surface area contributed by atoms with E-state index < -0.39 is 0 Å². The Morgan fingerprint density at radius 2 is 2.27 bits per heavy atom. The molecule has 1 aromatic rings. The van der Waals surface area contributed by atoms with Gasteiger partial charge in [-0.3, -0.25) is 9.59 Å². The van der Waals surface area contributed by atoms with Gasteiger partial charge >= 0.3 is 0 Å². The molecule has 1 saturated heterocycles. The Morgan fingerprint density at radius 1 is 1.50 bits per heavy atom. The van der Waals surface area contributed by atoms with Gasteiger partial charge in [0, 0.05) is 29.7 Å². The summed E-state index contributed by atoms with van der Waals surface area (Å²) in [5.74, 6) is -0.0834. The number of anilines is 1. The van der Waals surface area contributed by atoms with Gasteiger partial charge in [-0.25, -0.2) is 0 Å². The van der Waals surface area contributed by atoms with E-state index in [1.807, 2.05) is 26.0 Å². The van der Waals surface area contributed by atoms with Gasteiger partial charge in [0.1, 0.15) is 0 Å². The lowest BCUT2D eigenvalue weighted by Gasteiger charge is -2.26. The molecule has 0 saturated carbocycles. The average Bonchev–Trinajstić information content (AvgIpc) is 2.45. The maximum absolute atomic E-state index is 12.0. The number of carbonyl (C=O) groups is 2. The monoisotopic (exact) mass is 323 g/mol. The molecule has 5 nitrogen and oxygen atoms in total. The van der Waals surface area contributed by atoms with Gasteiger partial charge in [0.05, 0.1) is 6.04 Å². The number of hydrogen-bond donors (Lipinski definition) is 3. The zero-order chi connectivity index (χ0) is 16.1. The van der Waals surface area contributed by atoms with Crippen molar-refractivity contribution in [1.82, 2.24) is 10.6 Å². The van der Waals surface area contributed by atoms with Gasteiger partial charge in [-0.15, -0.1) is 0 Å². The Balaban J connectivity index is 1.83. The van der Waals surface area contributed by atoms with Gasteiger partial charge in [0.2, 0.25) is 11.8 Å². The van der Waals surface area contributed by atoms with Crippen molar-refractivity contribution in [3.8, 4) is 0 Å². The molecular weight excluding hydrogens is 302 g/mol. The first-order valence-electron chi connectivity index (χ1n) is 7.55. The largest absolute Gasteiger partial charge is 0.355 e. The molecule has 1 aromatic carbocycles. The first-order chi connectivity index (χ1) is 10.5. The third-order valence-electron chi connectivity index (χ3n) is 3.72. The molecular formula is C16H22ClN3O2. The van der Waals surface area contributed by atoms with Crippen LogP contribution in [0.2, 0.25) is 5.02 Å². The molecule has 0 radical (unpaired) electrons. The minimum absolute atomic E-state index is 0.0174. The topological polar surface area (TPSA) is 70.2 Å². The first kappa shape index (κ1) is 16.8. The number of carbonyl (C=O) groups excluding carboxylic acids is 2. The zero-order valence-electron chi connectivity index (χ0n) is 12.9. The van der Waals surface area contributed by atoms with Crippen molar-refractivity contribution in [2.45, 2.75) is 45.2 Å². The molecule has 1 fully saturated rings. The van der Waals surface area contributed by atoms with Gasteiger partial charge in [-0.2, -0.15) is 0 Å². The lowest BCUT2D eigenvalue weighted by atomic mass is 10.0. The van der Waals surface area contributed by atoms with Gasteiger partial charge < -0.3 is 16.0 Å². The number of halogens is 1. The molecule has 1 aliphatic heterocycles. The predicted octanol–water partition coefficient (Wildman–Crippen LogP) is 2.23. The second-order valence-corrected chi connectivity index (χ2v) is 6.18. The van der Waals surface area contributed by atoms with Crippen LogP contribution in [0, 0.1) is 6.92 Å². The quantitative estimate of drug-likeness (QED) is 0.778. The highest BCUT2D eigenvalue weighted by atomic mass is 35.5. The molecule has 3 N–H and O–H groups in total. The van der Waals surface area contributed by atoms with Crippen LogP contribution in [0.3, 0.4) is 0 Å². The second kappa shape index (κ2) is 7.61. The van der Waals surface area contributed by atoms with Crippen LogP contribution in [0.15, 0.2) is 18.2 Å². The lowest BCUT2D eigenvalue weighted by molar-refractivity contribution is -0.125. The van der Waals surface area contributed by atoms with Crippen LogP contribution >= 0.6 is 11.6 Å². The fraction of sp³-hybridized carbons (Fsp3) is 0.500. The molecule has 6 heteroatoms. The summed E-state index contributed by atoms with van der Waals surface area (Å²) in [4.78, 5) is 23.7. The fourth-order valence-electron chi connectivity index (χ4n) is 2.49. The molecule has 1 heterocycles. The molecule has 2 amide bonds. The Morgan fingerprint density at radius 3 is 2.95 bits per heavy atom. The number of amides is 2. The Hall–Kier alpha value is -1.59. The molecule has 0 aromatic heterocycles. The number of rotatable bonds is 5. The molecule has 22 heavy (non-hydrogen) atoms. The van der Waals surface area contributed by atoms with E-state index in [1.165, 1.54) is 0 Å². The van der Waals surface area contributed by atoms with E-state index in [4.69, 9.17) is 11.6 Å². The third kappa shape index (κ3) is 4.71. The standard InChI is InChI=1S/C16H22ClN3O2/c1-10-5-6-12(9-13(10)17)20-15(21)8-11(2)19-14-4-3-7-18-16(14)22/h5-6,9,11,14,19H,3-4,7-8H2,1-2H3,(H,18,22)(H,20,21)/t11-,14-/m0/s1. The summed E-state index contributed by atoms with van der Waals surface area (Å²) in [6, 6.07) is 5.15. The molecule has 1 aliphatic rings. The highest BCUT2D eigenvalue weighted by Gasteiger charge is 2.23. The van der Waals surface area contributed by atoms with Crippen LogP contribution in [0.1, 0.15) is 31.7 Å². The van der Waals surface area contributed by atoms with Crippen LogP contribution in [0.25, 0.3) is 0 Å². The summed E-state index contributed by atoms with van der Waals surface area (Å²) >= 11 is 6.04. The van der Waals surface area contributed by atoms with Crippen molar-refractivity contribution in [3.05, 3.63) is 28.8 Å². The van der Waals surface area contributed by atoms with Gasteiger partial charge in [-0.05, 0) is 44.4 Å². The molecule has 0 bridgehead atoms. The molecule has 2 rings (SSSR count). The van der Waals surface area contributed by atoms with Crippen LogP contribution in [-0.4, -0.2) is 30.4 Å². The molecule has 0 aliphatic carbocycles. The number of hydrogen-bond acceptors (Lipinski definition) is 3. The molecule has 0 unspecified atom stereocenters. The van der Waals surface area contributed by atoms with Gasteiger partial charge in [0.25, 0.3) is 0 Å². The van der Waals surface area contributed by atoms with E-state index in [2.05, 4.69) is 16.0 Å². The number of aryl methyl sites for hydroxylation is 1. The van der Waals surface area contributed by atoms with Crippen molar-refractivity contribution in [1.29, 1.82) is 0 Å². The van der Waals surface area contributed by atoms with E-state index in [1.54, 1.807) is 6.07 Å². The number of piperidine rings is 1. The summed E-state index contributed by atoms with van der Waals surface area (Å²) in [6.45, 7) is 4.55. The van der Waals surface area contributed by atoms with E-state index in [9.17, 15) is 9.59 Å². The Bertz CT molecular complexity index is 562.